The Labute approximate surface area is 171 Å². The molecule has 3 aromatic rings. The van der Waals surface area contributed by atoms with E-state index < -0.39 is 0 Å². The van der Waals surface area contributed by atoms with Crippen LogP contribution in [0.25, 0.3) is 0 Å². The highest BCUT2D eigenvalue weighted by atomic mass is 79.9. The van der Waals surface area contributed by atoms with Crippen molar-refractivity contribution in [1.82, 2.24) is 0 Å². The largest absolute Gasteiger partial charge is 0.483 e. The van der Waals surface area contributed by atoms with Gasteiger partial charge in [0.1, 0.15) is 5.75 Å². The lowest BCUT2D eigenvalue weighted by atomic mass is 10.1. The topological polar surface area (TPSA) is 67.4 Å². The maximum Gasteiger partial charge on any atom is 0.262 e. The smallest absolute Gasteiger partial charge is 0.262 e. The average Bonchev–Trinajstić information content (AvgIpc) is 2.70. The van der Waals surface area contributed by atoms with E-state index in [2.05, 4.69) is 26.6 Å². The molecule has 0 saturated heterocycles. The fourth-order valence-corrected chi connectivity index (χ4v) is 2.75. The van der Waals surface area contributed by atoms with Crippen LogP contribution >= 0.6 is 15.9 Å². The van der Waals surface area contributed by atoms with Crippen LogP contribution in [0.5, 0.6) is 5.75 Å². The molecular weight excluding hydrogens is 420 g/mol. The number of rotatable bonds is 6. The van der Waals surface area contributed by atoms with Crippen LogP contribution in [-0.4, -0.2) is 18.4 Å². The van der Waals surface area contributed by atoms with Crippen LogP contribution < -0.4 is 15.4 Å². The van der Waals surface area contributed by atoms with E-state index in [4.69, 9.17) is 4.74 Å². The lowest BCUT2D eigenvalue weighted by Crippen LogP contribution is -2.21. The van der Waals surface area contributed by atoms with Gasteiger partial charge in [-0.15, -0.1) is 0 Å². The summed E-state index contributed by atoms with van der Waals surface area (Å²) < 4.78 is 6.52. The van der Waals surface area contributed by atoms with E-state index in [1.807, 2.05) is 43.3 Å². The average molecular weight is 439 g/mol. The van der Waals surface area contributed by atoms with Gasteiger partial charge in [-0.25, -0.2) is 0 Å². The van der Waals surface area contributed by atoms with Gasteiger partial charge in [0.25, 0.3) is 11.8 Å². The number of halogens is 1. The van der Waals surface area contributed by atoms with Crippen LogP contribution in [0.3, 0.4) is 0 Å². The molecule has 0 fully saturated rings. The Morgan fingerprint density at radius 1 is 0.857 bits per heavy atom. The number of carbonyl (C=O) groups is 2. The summed E-state index contributed by atoms with van der Waals surface area (Å²) in [5.41, 5.74) is 2.83. The molecule has 0 heterocycles. The van der Waals surface area contributed by atoms with Crippen molar-refractivity contribution in [2.24, 2.45) is 0 Å². The zero-order chi connectivity index (χ0) is 19.9. The number of amides is 2. The van der Waals surface area contributed by atoms with Gasteiger partial charge in [0.05, 0.1) is 5.56 Å². The summed E-state index contributed by atoms with van der Waals surface area (Å²) in [5, 5.41) is 5.58. The summed E-state index contributed by atoms with van der Waals surface area (Å²) in [6, 6.07) is 21.6. The number of nitrogens with one attached hydrogen (secondary N) is 2. The van der Waals surface area contributed by atoms with Gasteiger partial charge in [0, 0.05) is 15.8 Å². The first-order valence-corrected chi connectivity index (χ1v) is 9.46. The molecule has 0 radical (unpaired) electrons. The van der Waals surface area contributed by atoms with Gasteiger partial charge in [-0.1, -0.05) is 45.8 Å². The highest BCUT2D eigenvalue weighted by Crippen LogP contribution is 2.20. The van der Waals surface area contributed by atoms with Gasteiger partial charge < -0.3 is 15.4 Å². The van der Waals surface area contributed by atoms with E-state index in [1.54, 1.807) is 36.4 Å². The van der Waals surface area contributed by atoms with Crippen LogP contribution in [0.4, 0.5) is 11.4 Å². The van der Waals surface area contributed by atoms with Crippen molar-refractivity contribution in [3.05, 3.63) is 88.4 Å². The third kappa shape index (κ3) is 5.44. The maximum absolute atomic E-state index is 12.6. The molecule has 28 heavy (non-hydrogen) atoms. The normalized spacial score (nSPS) is 10.2. The van der Waals surface area contributed by atoms with Gasteiger partial charge in [-0.3, -0.25) is 9.59 Å². The number of carbonyl (C=O) groups excluding carboxylic acids is 2. The molecule has 6 heteroatoms. The van der Waals surface area contributed by atoms with E-state index in [1.165, 1.54) is 0 Å². The number of aryl methyl sites for hydroxylation is 1. The fraction of sp³-hybridized carbons (Fsp3) is 0.0909. The van der Waals surface area contributed by atoms with E-state index in [0.29, 0.717) is 22.7 Å². The Morgan fingerprint density at radius 3 is 2.18 bits per heavy atom. The van der Waals surface area contributed by atoms with E-state index >= 15 is 0 Å². The quantitative estimate of drug-likeness (QED) is 0.567. The predicted octanol–water partition coefficient (Wildman–Crippen LogP) is 5.03. The summed E-state index contributed by atoms with van der Waals surface area (Å²) in [6.45, 7) is 1.78. The van der Waals surface area contributed by atoms with Crippen LogP contribution in [0, 0.1) is 6.92 Å². The zero-order valence-corrected chi connectivity index (χ0v) is 16.8. The number of hydrogen-bond acceptors (Lipinski definition) is 3. The molecule has 2 amide bonds. The van der Waals surface area contributed by atoms with Crippen molar-refractivity contribution in [3.63, 3.8) is 0 Å². The monoisotopic (exact) mass is 438 g/mol. The van der Waals surface area contributed by atoms with Crippen molar-refractivity contribution in [2.75, 3.05) is 17.2 Å². The van der Waals surface area contributed by atoms with E-state index in [0.717, 1.165) is 10.0 Å². The second kappa shape index (κ2) is 9.19. The molecule has 0 unspecified atom stereocenters. The van der Waals surface area contributed by atoms with E-state index in [-0.39, 0.29) is 18.4 Å². The van der Waals surface area contributed by atoms with Gasteiger partial charge in [0.2, 0.25) is 0 Å². The van der Waals surface area contributed by atoms with Gasteiger partial charge in [-0.2, -0.15) is 0 Å². The molecular formula is C22H19BrN2O3. The van der Waals surface area contributed by atoms with Gasteiger partial charge in [0.15, 0.2) is 6.61 Å². The van der Waals surface area contributed by atoms with Crippen molar-refractivity contribution >= 4 is 39.1 Å². The molecule has 0 saturated carbocycles. The second-order valence-electron chi connectivity index (χ2n) is 6.16. The fourth-order valence-electron chi connectivity index (χ4n) is 2.49. The predicted molar refractivity (Wildman–Crippen MR) is 114 cm³/mol. The van der Waals surface area contributed by atoms with Gasteiger partial charge in [-0.05, 0) is 55.5 Å². The first kappa shape index (κ1) is 19.6. The van der Waals surface area contributed by atoms with Crippen LogP contribution in [-0.2, 0) is 4.79 Å². The minimum Gasteiger partial charge on any atom is -0.483 e. The number of hydrogen-bond donors (Lipinski definition) is 2. The molecule has 0 aliphatic rings. The Bertz CT molecular complexity index is 970. The molecule has 5 nitrogen and oxygen atoms in total. The summed E-state index contributed by atoms with van der Waals surface area (Å²) >= 11 is 3.35. The number of anilines is 2. The van der Waals surface area contributed by atoms with Crippen LogP contribution in [0.15, 0.2) is 77.3 Å². The summed E-state index contributed by atoms with van der Waals surface area (Å²) in [7, 11) is 0. The Morgan fingerprint density at radius 2 is 1.46 bits per heavy atom. The lowest BCUT2D eigenvalue weighted by Gasteiger charge is -2.12. The highest BCUT2D eigenvalue weighted by Gasteiger charge is 2.14. The Balaban J connectivity index is 1.63. The first-order valence-electron chi connectivity index (χ1n) is 8.66. The molecule has 3 aromatic carbocycles. The minimum absolute atomic E-state index is 0.203. The number of ether oxygens (including phenoxy) is 1. The van der Waals surface area contributed by atoms with Crippen molar-refractivity contribution < 1.29 is 14.3 Å². The summed E-state index contributed by atoms with van der Waals surface area (Å²) in [4.78, 5) is 24.7. The highest BCUT2D eigenvalue weighted by molar-refractivity contribution is 9.10. The second-order valence-corrected chi connectivity index (χ2v) is 7.08. The SMILES string of the molecule is Cc1ccc(NC(=O)c2ccccc2OCC(=O)Nc2ccc(Br)cc2)cc1. The third-order valence-corrected chi connectivity index (χ3v) is 4.46. The molecule has 3 rings (SSSR count). The Kier molecular flexibility index (Phi) is 6.45. The zero-order valence-electron chi connectivity index (χ0n) is 15.2. The molecule has 2 N–H and O–H groups in total. The summed E-state index contributed by atoms with van der Waals surface area (Å²) in [6.07, 6.45) is 0. The molecule has 0 aliphatic carbocycles. The van der Waals surface area contributed by atoms with Crippen LogP contribution in [0.1, 0.15) is 15.9 Å². The molecule has 0 spiro atoms. The lowest BCUT2D eigenvalue weighted by molar-refractivity contribution is -0.118. The standard InChI is InChI=1S/C22H19BrN2O3/c1-15-6-10-18(11-7-15)25-22(27)19-4-2-3-5-20(19)28-14-21(26)24-17-12-8-16(23)9-13-17/h2-13H,14H2,1H3,(H,24,26)(H,25,27). The number of benzene rings is 3. The molecule has 0 aromatic heterocycles. The molecule has 142 valence electrons. The minimum atomic E-state index is -0.309. The summed E-state index contributed by atoms with van der Waals surface area (Å²) in [5.74, 6) is -0.262. The first-order chi connectivity index (χ1) is 13.5. The maximum atomic E-state index is 12.6. The number of para-hydroxylation sites is 1. The Hall–Kier alpha value is -3.12. The van der Waals surface area contributed by atoms with Gasteiger partial charge >= 0.3 is 0 Å². The molecule has 0 aliphatic heterocycles. The van der Waals surface area contributed by atoms with Crippen molar-refractivity contribution in [1.29, 1.82) is 0 Å². The molecule has 0 bridgehead atoms. The molecule has 0 atom stereocenters. The van der Waals surface area contributed by atoms with E-state index in [9.17, 15) is 9.59 Å². The third-order valence-electron chi connectivity index (χ3n) is 3.93. The van der Waals surface area contributed by atoms with Crippen molar-refractivity contribution in [3.8, 4) is 5.75 Å². The van der Waals surface area contributed by atoms with Crippen LogP contribution in [0.2, 0.25) is 0 Å². The van der Waals surface area contributed by atoms with Crippen molar-refractivity contribution in [2.45, 2.75) is 6.92 Å².